The number of carbonyl (C=O) groups is 2. The molecule has 3 heterocycles. The molecule has 3 rings (SSSR count). The number of piperazine rings is 1. The van der Waals surface area contributed by atoms with Crippen LogP contribution in [-0.2, 0) is 14.3 Å². The summed E-state index contributed by atoms with van der Waals surface area (Å²) in [5.74, 6) is 0.0264. The summed E-state index contributed by atoms with van der Waals surface area (Å²) in [5, 5.41) is 0. The summed E-state index contributed by atoms with van der Waals surface area (Å²) in [4.78, 5) is 32.2. The number of ether oxygens (including phenoxy) is 1. The first-order chi connectivity index (χ1) is 11.2. The van der Waals surface area contributed by atoms with Crippen molar-refractivity contribution in [2.45, 2.75) is 18.9 Å². The maximum absolute atomic E-state index is 12.3. The van der Waals surface area contributed by atoms with Crippen LogP contribution in [0.4, 0.5) is 0 Å². The van der Waals surface area contributed by atoms with Gasteiger partial charge in [0.1, 0.15) is 6.10 Å². The summed E-state index contributed by atoms with van der Waals surface area (Å²) in [7, 11) is 0. The van der Waals surface area contributed by atoms with Gasteiger partial charge < -0.3 is 14.5 Å². The minimum atomic E-state index is -0.277. The Balaban J connectivity index is 1.49. The maximum atomic E-state index is 12.3. The van der Waals surface area contributed by atoms with Crippen molar-refractivity contribution in [1.29, 1.82) is 0 Å². The summed E-state index contributed by atoms with van der Waals surface area (Å²) < 4.78 is 5.44. The molecule has 122 valence electrons. The third-order valence-corrected chi connectivity index (χ3v) is 4.19. The maximum Gasteiger partial charge on any atom is 0.251 e. The molecule has 0 aromatic carbocycles. The highest BCUT2D eigenvalue weighted by atomic mass is 16.5. The summed E-state index contributed by atoms with van der Waals surface area (Å²) >= 11 is 0. The van der Waals surface area contributed by atoms with Crippen LogP contribution in [-0.4, -0.2) is 65.5 Å². The molecule has 6 nitrogen and oxygen atoms in total. The molecule has 0 radical (unpaired) electrons. The molecule has 2 aliphatic heterocycles. The van der Waals surface area contributed by atoms with Crippen LogP contribution in [0.2, 0.25) is 0 Å². The number of hydrogen-bond donors (Lipinski definition) is 0. The molecule has 1 unspecified atom stereocenters. The molecular formula is C17H21N3O3. The molecule has 1 atom stereocenters. The average molecular weight is 315 g/mol. The van der Waals surface area contributed by atoms with Gasteiger partial charge in [0.05, 0.1) is 5.69 Å². The van der Waals surface area contributed by atoms with E-state index in [2.05, 4.69) is 4.98 Å². The second-order valence-electron chi connectivity index (χ2n) is 5.74. The lowest BCUT2D eigenvalue weighted by atomic mass is 10.2. The number of amides is 2. The van der Waals surface area contributed by atoms with Crippen molar-refractivity contribution in [3.05, 3.63) is 36.2 Å². The Morgan fingerprint density at radius 3 is 2.61 bits per heavy atom. The van der Waals surface area contributed by atoms with Crippen LogP contribution in [0.25, 0.3) is 6.08 Å². The van der Waals surface area contributed by atoms with Crippen LogP contribution in [0.3, 0.4) is 0 Å². The van der Waals surface area contributed by atoms with Gasteiger partial charge in [0.2, 0.25) is 5.91 Å². The summed E-state index contributed by atoms with van der Waals surface area (Å²) in [6.07, 6.45) is 6.44. The molecule has 1 aromatic rings. The molecule has 0 aliphatic carbocycles. The minimum Gasteiger partial charge on any atom is -0.368 e. The first kappa shape index (κ1) is 15.7. The van der Waals surface area contributed by atoms with Gasteiger partial charge in [-0.15, -0.1) is 0 Å². The number of pyridine rings is 1. The van der Waals surface area contributed by atoms with E-state index in [0.29, 0.717) is 32.8 Å². The van der Waals surface area contributed by atoms with E-state index in [9.17, 15) is 9.59 Å². The van der Waals surface area contributed by atoms with Gasteiger partial charge in [-0.25, -0.2) is 0 Å². The minimum absolute atomic E-state index is 0.0418. The topological polar surface area (TPSA) is 62.7 Å². The molecule has 0 spiro atoms. The Morgan fingerprint density at radius 1 is 1.17 bits per heavy atom. The molecule has 1 aromatic heterocycles. The van der Waals surface area contributed by atoms with Crippen molar-refractivity contribution in [3.8, 4) is 0 Å². The van der Waals surface area contributed by atoms with Crippen molar-refractivity contribution < 1.29 is 14.3 Å². The largest absolute Gasteiger partial charge is 0.368 e. The van der Waals surface area contributed by atoms with Crippen LogP contribution >= 0.6 is 0 Å². The molecular weight excluding hydrogens is 294 g/mol. The van der Waals surface area contributed by atoms with Crippen LogP contribution in [0.15, 0.2) is 30.5 Å². The Morgan fingerprint density at radius 2 is 1.96 bits per heavy atom. The molecule has 2 aliphatic rings. The highest BCUT2D eigenvalue weighted by Gasteiger charge is 2.30. The van der Waals surface area contributed by atoms with Gasteiger partial charge in [0.15, 0.2) is 0 Å². The van der Waals surface area contributed by atoms with Gasteiger partial charge >= 0.3 is 0 Å². The van der Waals surface area contributed by atoms with Crippen LogP contribution < -0.4 is 0 Å². The van der Waals surface area contributed by atoms with Gasteiger partial charge in [-0.1, -0.05) is 6.07 Å². The second kappa shape index (κ2) is 7.37. The van der Waals surface area contributed by atoms with E-state index in [4.69, 9.17) is 4.74 Å². The predicted octanol–water partition coefficient (Wildman–Crippen LogP) is 0.945. The van der Waals surface area contributed by atoms with E-state index < -0.39 is 0 Å². The van der Waals surface area contributed by atoms with E-state index in [1.54, 1.807) is 23.2 Å². The number of hydrogen-bond acceptors (Lipinski definition) is 4. The third-order valence-electron chi connectivity index (χ3n) is 4.19. The lowest BCUT2D eigenvalue weighted by Crippen LogP contribution is -2.52. The fourth-order valence-corrected chi connectivity index (χ4v) is 2.86. The van der Waals surface area contributed by atoms with Crippen molar-refractivity contribution in [1.82, 2.24) is 14.8 Å². The smallest absolute Gasteiger partial charge is 0.251 e. The fraction of sp³-hybridized carbons (Fsp3) is 0.471. The fourth-order valence-electron chi connectivity index (χ4n) is 2.86. The molecule has 6 heteroatoms. The molecule has 0 saturated carbocycles. The molecule has 0 bridgehead atoms. The number of carbonyl (C=O) groups excluding carboxylic acids is 2. The third kappa shape index (κ3) is 3.96. The molecule has 2 saturated heterocycles. The predicted molar refractivity (Wildman–Crippen MR) is 85.4 cm³/mol. The zero-order chi connectivity index (χ0) is 16.1. The van der Waals surface area contributed by atoms with Crippen molar-refractivity contribution in [2.24, 2.45) is 0 Å². The first-order valence-corrected chi connectivity index (χ1v) is 8.02. The Labute approximate surface area is 135 Å². The van der Waals surface area contributed by atoms with Crippen molar-refractivity contribution >= 4 is 17.9 Å². The second-order valence-corrected chi connectivity index (χ2v) is 5.74. The van der Waals surface area contributed by atoms with Crippen LogP contribution in [0.1, 0.15) is 18.5 Å². The zero-order valence-electron chi connectivity index (χ0n) is 13.1. The molecule has 2 amide bonds. The number of aromatic nitrogens is 1. The molecule has 0 N–H and O–H groups in total. The van der Waals surface area contributed by atoms with Gasteiger partial charge in [-0.2, -0.15) is 0 Å². The Hall–Kier alpha value is -2.21. The van der Waals surface area contributed by atoms with E-state index in [0.717, 1.165) is 18.5 Å². The van der Waals surface area contributed by atoms with Gasteiger partial charge in [-0.05, 0) is 31.1 Å². The van der Waals surface area contributed by atoms with Crippen molar-refractivity contribution in [2.75, 3.05) is 32.8 Å². The molecule has 23 heavy (non-hydrogen) atoms. The van der Waals surface area contributed by atoms with E-state index >= 15 is 0 Å². The normalized spacial score (nSPS) is 21.8. The van der Waals surface area contributed by atoms with Crippen LogP contribution in [0, 0.1) is 0 Å². The molecule has 2 fully saturated rings. The van der Waals surface area contributed by atoms with Gasteiger partial charge in [-0.3, -0.25) is 14.6 Å². The zero-order valence-corrected chi connectivity index (χ0v) is 13.1. The van der Waals surface area contributed by atoms with Crippen LogP contribution in [0.5, 0.6) is 0 Å². The first-order valence-electron chi connectivity index (χ1n) is 8.02. The van der Waals surface area contributed by atoms with Crippen molar-refractivity contribution in [3.63, 3.8) is 0 Å². The lowest BCUT2D eigenvalue weighted by Gasteiger charge is -2.35. The van der Waals surface area contributed by atoms with E-state index in [-0.39, 0.29) is 17.9 Å². The summed E-state index contributed by atoms with van der Waals surface area (Å²) in [6, 6.07) is 5.57. The summed E-state index contributed by atoms with van der Waals surface area (Å²) in [5.41, 5.74) is 0.757. The SMILES string of the molecule is O=C(/C=C/c1ccccn1)N1CCN(C(=O)C2CCCO2)CC1. The number of nitrogens with zero attached hydrogens (tertiary/aromatic N) is 3. The van der Waals surface area contributed by atoms with E-state index in [1.807, 2.05) is 23.1 Å². The lowest BCUT2D eigenvalue weighted by molar-refractivity contribution is -0.144. The van der Waals surface area contributed by atoms with E-state index in [1.165, 1.54) is 0 Å². The van der Waals surface area contributed by atoms with Gasteiger partial charge in [0, 0.05) is 45.1 Å². The highest BCUT2D eigenvalue weighted by Crippen LogP contribution is 2.16. The van der Waals surface area contributed by atoms with Gasteiger partial charge in [0.25, 0.3) is 5.91 Å². The highest BCUT2D eigenvalue weighted by molar-refractivity contribution is 5.91. The Bertz CT molecular complexity index is 574. The number of rotatable bonds is 3. The monoisotopic (exact) mass is 315 g/mol. The average Bonchev–Trinajstić information content (AvgIpc) is 3.15. The quantitative estimate of drug-likeness (QED) is 0.779. The Kier molecular flexibility index (Phi) is 5.02. The summed E-state index contributed by atoms with van der Waals surface area (Å²) in [6.45, 7) is 2.94. The standard InChI is InChI=1S/C17H21N3O3/c21-16(7-6-14-4-1-2-8-18-14)19-9-11-20(12-10-19)17(22)15-5-3-13-23-15/h1-2,4,6-8,15H,3,5,9-13H2/b7-6+.